The van der Waals surface area contributed by atoms with E-state index >= 15 is 0 Å². The third-order valence-corrected chi connectivity index (χ3v) is 2.83. The Morgan fingerprint density at radius 2 is 1.64 bits per heavy atom. The number of nitrogens with one attached hydrogen (secondary N) is 1. The Morgan fingerprint density at radius 3 is 1.91 bits per heavy atom. The third-order valence-electron chi connectivity index (χ3n) is 2.83. The minimum absolute atomic E-state index is 0.573. The normalized spacial score (nSPS) is 12.0. The Kier molecular flexibility index (Phi) is 5.57. The van der Waals surface area contributed by atoms with E-state index in [1.165, 1.54) is 32.2 Å². The number of hydrogen-bond donors (Lipinski definition) is 1. The van der Waals surface area contributed by atoms with Crippen molar-refractivity contribution < 1.29 is 0 Å². The summed E-state index contributed by atoms with van der Waals surface area (Å²) in [6.07, 6.45) is 5.28. The van der Waals surface area contributed by atoms with Crippen molar-refractivity contribution >= 4 is 0 Å². The molecule has 1 nitrogen and oxygen atoms in total. The molecule has 0 aliphatic rings. The van der Waals surface area contributed by atoms with Crippen LogP contribution in [0.5, 0.6) is 0 Å². The quantitative estimate of drug-likeness (QED) is 0.625. The fourth-order valence-electron chi connectivity index (χ4n) is 1.85. The van der Waals surface area contributed by atoms with Crippen molar-refractivity contribution in [2.45, 2.75) is 46.5 Å². The van der Waals surface area contributed by atoms with Crippen LogP contribution in [0, 0.1) is 5.41 Å². The Labute approximate surface area is 71.6 Å². The van der Waals surface area contributed by atoms with Gasteiger partial charge in [0, 0.05) is 6.54 Å². The molecule has 1 N–H and O–H groups in total. The zero-order valence-corrected chi connectivity index (χ0v) is 8.54. The van der Waals surface area contributed by atoms with Crippen molar-refractivity contribution in [3.8, 4) is 0 Å². The van der Waals surface area contributed by atoms with E-state index in [9.17, 15) is 0 Å². The molecule has 0 aliphatic carbocycles. The average Bonchev–Trinajstić information content (AvgIpc) is 2.04. The molecule has 0 aromatic heterocycles. The van der Waals surface area contributed by atoms with Crippen LogP contribution >= 0.6 is 0 Å². The first-order chi connectivity index (χ1) is 5.24. The van der Waals surface area contributed by atoms with Gasteiger partial charge in [0.15, 0.2) is 0 Å². The van der Waals surface area contributed by atoms with Crippen LogP contribution in [0.4, 0.5) is 0 Å². The third kappa shape index (κ3) is 3.24. The Bertz CT molecular complexity index is 76.9. The topological polar surface area (TPSA) is 12.0 Å². The lowest BCUT2D eigenvalue weighted by atomic mass is 9.78. The summed E-state index contributed by atoms with van der Waals surface area (Å²) >= 11 is 0. The standard InChI is InChI=1S/C10H23N/c1-5-8-10(6-2,7-3)9-11-4/h11H,5-9H2,1-4H3. The van der Waals surface area contributed by atoms with Gasteiger partial charge in [-0.25, -0.2) is 0 Å². The first-order valence-electron chi connectivity index (χ1n) is 4.89. The molecule has 0 atom stereocenters. The Hall–Kier alpha value is -0.0400. The molecule has 0 saturated carbocycles. The molecular weight excluding hydrogens is 134 g/mol. The van der Waals surface area contributed by atoms with Gasteiger partial charge in [0.05, 0.1) is 0 Å². The first kappa shape index (κ1) is 11.0. The summed E-state index contributed by atoms with van der Waals surface area (Å²) in [5, 5.41) is 3.30. The largest absolute Gasteiger partial charge is 0.319 e. The molecule has 0 aliphatic heterocycles. The van der Waals surface area contributed by atoms with E-state index < -0.39 is 0 Å². The fraction of sp³-hybridized carbons (Fsp3) is 1.00. The smallest absolute Gasteiger partial charge is 0.000460 e. The maximum absolute atomic E-state index is 3.30. The zero-order valence-electron chi connectivity index (χ0n) is 8.54. The van der Waals surface area contributed by atoms with Crippen LogP contribution in [-0.2, 0) is 0 Å². The van der Waals surface area contributed by atoms with Crippen molar-refractivity contribution in [3.63, 3.8) is 0 Å². The van der Waals surface area contributed by atoms with Crippen molar-refractivity contribution in [3.05, 3.63) is 0 Å². The minimum Gasteiger partial charge on any atom is -0.319 e. The maximum atomic E-state index is 3.30. The lowest BCUT2D eigenvalue weighted by molar-refractivity contribution is 0.231. The zero-order chi connectivity index (χ0) is 8.74. The number of rotatable bonds is 6. The van der Waals surface area contributed by atoms with Crippen LogP contribution in [-0.4, -0.2) is 13.6 Å². The monoisotopic (exact) mass is 157 g/mol. The van der Waals surface area contributed by atoms with E-state index in [2.05, 4.69) is 33.1 Å². The summed E-state index contributed by atoms with van der Waals surface area (Å²) in [5.74, 6) is 0. The average molecular weight is 157 g/mol. The Morgan fingerprint density at radius 1 is 1.09 bits per heavy atom. The van der Waals surface area contributed by atoms with Crippen molar-refractivity contribution in [1.82, 2.24) is 5.32 Å². The predicted octanol–water partition coefficient (Wildman–Crippen LogP) is 2.81. The molecule has 0 aromatic rings. The van der Waals surface area contributed by atoms with Gasteiger partial charge in [0.1, 0.15) is 0 Å². The molecule has 68 valence electrons. The highest BCUT2D eigenvalue weighted by atomic mass is 14.8. The molecule has 11 heavy (non-hydrogen) atoms. The molecular formula is C10H23N. The summed E-state index contributed by atoms with van der Waals surface area (Å²) in [7, 11) is 2.05. The lowest BCUT2D eigenvalue weighted by Crippen LogP contribution is -2.31. The summed E-state index contributed by atoms with van der Waals surface area (Å²) < 4.78 is 0. The van der Waals surface area contributed by atoms with Crippen LogP contribution in [0.25, 0.3) is 0 Å². The van der Waals surface area contributed by atoms with Crippen molar-refractivity contribution in [2.24, 2.45) is 5.41 Å². The minimum atomic E-state index is 0.573. The molecule has 0 fully saturated rings. The van der Waals surface area contributed by atoms with Crippen LogP contribution in [0.2, 0.25) is 0 Å². The number of hydrogen-bond acceptors (Lipinski definition) is 1. The van der Waals surface area contributed by atoms with E-state index in [1.807, 2.05) is 0 Å². The van der Waals surface area contributed by atoms with E-state index in [1.54, 1.807) is 0 Å². The van der Waals surface area contributed by atoms with Gasteiger partial charge in [-0.3, -0.25) is 0 Å². The summed E-state index contributed by atoms with van der Waals surface area (Å²) in [5.41, 5.74) is 0.573. The molecule has 0 heterocycles. The van der Waals surface area contributed by atoms with Crippen LogP contribution in [0.15, 0.2) is 0 Å². The van der Waals surface area contributed by atoms with Gasteiger partial charge in [-0.15, -0.1) is 0 Å². The molecule has 0 rings (SSSR count). The highest BCUT2D eigenvalue weighted by Crippen LogP contribution is 2.30. The van der Waals surface area contributed by atoms with E-state index in [0.29, 0.717) is 5.41 Å². The molecule has 0 unspecified atom stereocenters. The summed E-state index contributed by atoms with van der Waals surface area (Å²) in [6.45, 7) is 8.05. The van der Waals surface area contributed by atoms with E-state index in [-0.39, 0.29) is 0 Å². The second-order valence-corrected chi connectivity index (χ2v) is 3.49. The molecule has 1 heteroatoms. The first-order valence-corrected chi connectivity index (χ1v) is 4.89. The fourth-order valence-corrected chi connectivity index (χ4v) is 1.85. The van der Waals surface area contributed by atoms with Gasteiger partial charge < -0.3 is 5.32 Å². The van der Waals surface area contributed by atoms with Gasteiger partial charge >= 0.3 is 0 Å². The van der Waals surface area contributed by atoms with Crippen LogP contribution in [0.3, 0.4) is 0 Å². The Balaban J connectivity index is 3.96. The molecule has 0 saturated heterocycles. The molecule has 0 amide bonds. The van der Waals surface area contributed by atoms with Crippen molar-refractivity contribution in [2.75, 3.05) is 13.6 Å². The SMILES string of the molecule is CCCC(CC)(CC)CNC. The molecule has 0 spiro atoms. The maximum Gasteiger partial charge on any atom is 0.000460 e. The second-order valence-electron chi connectivity index (χ2n) is 3.49. The van der Waals surface area contributed by atoms with E-state index in [0.717, 1.165) is 0 Å². The summed E-state index contributed by atoms with van der Waals surface area (Å²) in [4.78, 5) is 0. The second kappa shape index (κ2) is 5.59. The van der Waals surface area contributed by atoms with Gasteiger partial charge in [-0.1, -0.05) is 27.2 Å². The summed E-state index contributed by atoms with van der Waals surface area (Å²) in [6, 6.07) is 0. The van der Waals surface area contributed by atoms with Gasteiger partial charge in [0.2, 0.25) is 0 Å². The van der Waals surface area contributed by atoms with Gasteiger partial charge in [0.25, 0.3) is 0 Å². The van der Waals surface area contributed by atoms with E-state index in [4.69, 9.17) is 0 Å². The molecule has 0 radical (unpaired) electrons. The van der Waals surface area contributed by atoms with Gasteiger partial charge in [-0.2, -0.15) is 0 Å². The predicted molar refractivity (Wildman–Crippen MR) is 51.8 cm³/mol. The molecule has 0 bridgehead atoms. The molecule has 0 aromatic carbocycles. The highest BCUT2D eigenvalue weighted by Gasteiger charge is 2.23. The highest BCUT2D eigenvalue weighted by molar-refractivity contribution is 4.77. The van der Waals surface area contributed by atoms with Crippen LogP contribution in [0.1, 0.15) is 46.5 Å². The lowest BCUT2D eigenvalue weighted by Gasteiger charge is -2.31. The van der Waals surface area contributed by atoms with Crippen LogP contribution < -0.4 is 5.32 Å². The van der Waals surface area contributed by atoms with Crippen molar-refractivity contribution in [1.29, 1.82) is 0 Å². The van der Waals surface area contributed by atoms with Gasteiger partial charge in [-0.05, 0) is 31.7 Å².